The van der Waals surface area contributed by atoms with Crippen LogP contribution < -0.4 is 0 Å². The lowest BCUT2D eigenvalue weighted by atomic mass is 9.76. The summed E-state index contributed by atoms with van der Waals surface area (Å²) in [7, 11) is 0. The Bertz CT molecular complexity index is 575. The second-order valence-electron chi connectivity index (χ2n) is 8.79. The largest absolute Gasteiger partial charge is 0.392 e. The summed E-state index contributed by atoms with van der Waals surface area (Å²) in [5.41, 5.74) is 1.55. The van der Waals surface area contributed by atoms with E-state index in [1.165, 1.54) is 5.56 Å². The summed E-state index contributed by atoms with van der Waals surface area (Å²) < 4.78 is 5.53. The lowest BCUT2D eigenvalue weighted by Crippen LogP contribution is -2.22. The number of hydrogen-bond donors (Lipinski definition) is 2. The molecule has 1 aliphatic heterocycles. The van der Waals surface area contributed by atoms with Crippen LogP contribution in [0.3, 0.4) is 0 Å². The lowest BCUT2D eigenvalue weighted by Gasteiger charge is -2.29. The number of aliphatic hydroxyl groups is 2. The Morgan fingerprint density at radius 2 is 1.88 bits per heavy atom. The molecule has 1 unspecified atom stereocenters. The summed E-state index contributed by atoms with van der Waals surface area (Å²) in [5.74, 6) is 0.797. The molecule has 1 aromatic carbocycles. The van der Waals surface area contributed by atoms with Gasteiger partial charge in [0.05, 0.1) is 12.2 Å². The van der Waals surface area contributed by atoms with E-state index >= 15 is 0 Å². The number of aryl methyl sites for hydroxylation is 1. The van der Waals surface area contributed by atoms with E-state index in [0.29, 0.717) is 18.8 Å². The van der Waals surface area contributed by atoms with Crippen LogP contribution in [0.5, 0.6) is 0 Å². The third kappa shape index (κ3) is 4.52. The van der Waals surface area contributed by atoms with Crippen LogP contribution in [0, 0.1) is 23.2 Å². The van der Waals surface area contributed by atoms with Crippen molar-refractivity contribution in [1.29, 1.82) is 0 Å². The maximum absolute atomic E-state index is 10.4. The normalized spacial score (nSPS) is 33.7. The molecule has 3 nitrogen and oxygen atoms in total. The maximum Gasteiger partial charge on any atom is 0.155 e. The molecular weight excluding hydrogens is 312 g/mol. The molecule has 1 aliphatic carbocycles. The van der Waals surface area contributed by atoms with Crippen molar-refractivity contribution in [2.75, 3.05) is 0 Å². The Morgan fingerprint density at radius 1 is 1.16 bits per heavy atom. The van der Waals surface area contributed by atoms with Gasteiger partial charge in [0.25, 0.3) is 0 Å². The number of fused-ring (bicyclic) bond motifs is 1. The van der Waals surface area contributed by atoms with Gasteiger partial charge >= 0.3 is 0 Å². The first-order valence-corrected chi connectivity index (χ1v) is 9.58. The van der Waals surface area contributed by atoms with E-state index in [9.17, 15) is 10.2 Å². The summed E-state index contributed by atoms with van der Waals surface area (Å²) in [6.45, 7) is 6.84. The van der Waals surface area contributed by atoms with Crippen LogP contribution in [0.1, 0.15) is 45.6 Å². The Hall–Kier alpha value is -1.16. The second kappa shape index (κ2) is 7.61. The highest BCUT2D eigenvalue weighted by molar-refractivity contribution is 5.15. The molecule has 2 fully saturated rings. The Morgan fingerprint density at radius 3 is 2.56 bits per heavy atom. The molecule has 1 aromatic rings. The molecule has 2 aliphatic rings. The highest BCUT2D eigenvalue weighted by Crippen LogP contribution is 2.44. The number of benzene rings is 1. The van der Waals surface area contributed by atoms with E-state index in [4.69, 9.17) is 4.74 Å². The van der Waals surface area contributed by atoms with Gasteiger partial charge in [0, 0.05) is 18.8 Å². The topological polar surface area (TPSA) is 49.7 Å². The summed E-state index contributed by atoms with van der Waals surface area (Å²) in [6.07, 6.45) is 6.96. The number of hydrogen-bond acceptors (Lipinski definition) is 3. The molecule has 3 heteroatoms. The van der Waals surface area contributed by atoms with Crippen molar-refractivity contribution in [1.82, 2.24) is 0 Å². The van der Waals surface area contributed by atoms with Crippen molar-refractivity contribution >= 4 is 0 Å². The third-order valence-electron chi connectivity index (χ3n) is 5.96. The fraction of sp³-hybridized carbons (Fsp3) is 0.636. The molecule has 1 saturated heterocycles. The summed E-state index contributed by atoms with van der Waals surface area (Å²) in [5, 5.41) is 20.1. The predicted octanol–water partition coefficient (Wildman–Crippen LogP) is 3.94. The summed E-state index contributed by atoms with van der Waals surface area (Å²) in [6, 6.07) is 10.6. The number of rotatable bonds is 5. The minimum absolute atomic E-state index is 0.0112. The van der Waals surface area contributed by atoms with Gasteiger partial charge in [-0.1, -0.05) is 63.3 Å². The molecule has 2 N–H and O–H groups in total. The molecule has 0 bridgehead atoms. The maximum atomic E-state index is 10.4. The molecule has 1 heterocycles. The Balaban J connectivity index is 1.66. The van der Waals surface area contributed by atoms with Crippen LogP contribution in [0.15, 0.2) is 42.5 Å². The fourth-order valence-electron chi connectivity index (χ4n) is 4.38. The minimum atomic E-state index is -0.658. The van der Waals surface area contributed by atoms with E-state index in [1.807, 2.05) is 0 Å². The van der Waals surface area contributed by atoms with Gasteiger partial charge in [0.1, 0.15) is 0 Å². The number of allylic oxidation sites excluding steroid dienone is 1. The van der Waals surface area contributed by atoms with E-state index in [-0.39, 0.29) is 29.5 Å². The van der Waals surface area contributed by atoms with Gasteiger partial charge in [0.2, 0.25) is 0 Å². The lowest BCUT2D eigenvalue weighted by molar-refractivity contribution is -0.0949. The van der Waals surface area contributed by atoms with Gasteiger partial charge < -0.3 is 14.9 Å². The summed E-state index contributed by atoms with van der Waals surface area (Å²) >= 11 is 0. The van der Waals surface area contributed by atoms with Crippen molar-refractivity contribution in [3.63, 3.8) is 0 Å². The zero-order valence-electron chi connectivity index (χ0n) is 15.6. The van der Waals surface area contributed by atoms with Crippen LogP contribution in [0.2, 0.25) is 0 Å². The standard InChI is InChI=1S/C22H32O3/c1-22(2,3)16(10-9-15-7-5-4-6-8-15)11-12-17-18-13-21(24)25-20(18)14-19(17)23/h4-8,11-12,16-21,23-24H,9-10,13-14H2,1-3H3/t16-,17+,18+,19+,20-,21?/m0/s1. The zero-order valence-corrected chi connectivity index (χ0v) is 15.6. The average Bonchev–Trinajstić information content (AvgIpc) is 3.03. The molecule has 138 valence electrons. The molecular formula is C22H32O3. The Labute approximate surface area is 151 Å². The van der Waals surface area contributed by atoms with Gasteiger partial charge in [-0.3, -0.25) is 0 Å². The van der Waals surface area contributed by atoms with E-state index in [0.717, 1.165) is 12.8 Å². The van der Waals surface area contributed by atoms with Crippen molar-refractivity contribution in [2.24, 2.45) is 23.2 Å². The number of ether oxygens (including phenoxy) is 1. The predicted molar refractivity (Wildman–Crippen MR) is 99.9 cm³/mol. The molecule has 0 spiro atoms. The Kier molecular flexibility index (Phi) is 5.67. The smallest absolute Gasteiger partial charge is 0.155 e. The second-order valence-corrected chi connectivity index (χ2v) is 8.79. The monoisotopic (exact) mass is 344 g/mol. The molecule has 0 radical (unpaired) electrons. The third-order valence-corrected chi connectivity index (χ3v) is 5.96. The van der Waals surface area contributed by atoms with Gasteiger partial charge in [-0.15, -0.1) is 0 Å². The van der Waals surface area contributed by atoms with Gasteiger partial charge in [0.15, 0.2) is 6.29 Å². The quantitative estimate of drug-likeness (QED) is 0.796. The van der Waals surface area contributed by atoms with Crippen LogP contribution in [-0.4, -0.2) is 28.7 Å². The minimum Gasteiger partial charge on any atom is -0.392 e. The molecule has 1 saturated carbocycles. The molecule has 0 amide bonds. The first kappa shape index (κ1) is 18.6. The first-order valence-electron chi connectivity index (χ1n) is 9.58. The molecule has 0 aromatic heterocycles. The van der Waals surface area contributed by atoms with Crippen molar-refractivity contribution in [2.45, 2.75) is 65.0 Å². The zero-order chi connectivity index (χ0) is 18.0. The van der Waals surface area contributed by atoms with Crippen LogP contribution in [-0.2, 0) is 11.2 Å². The SMILES string of the molecule is CC(C)(C)[C@H](C=C[C@@H]1[C@H]2CC(O)O[C@H]2C[C@H]1O)CCc1ccccc1. The average molecular weight is 344 g/mol. The highest BCUT2D eigenvalue weighted by Gasteiger charge is 2.47. The highest BCUT2D eigenvalue weighted by atomic mass is 16.6. The van der Waals surface area contributed by atoms with Gasteiger partial charge in [-0.05, 0) is 35.7 Å². The number of aliphatic hydroxyl groups excluding tert-OH is 2. The molecule has 6 atom stereocenters. The van der Waals surface area contributed by atoms with Crippen LogP contribution in [0.25, 0.3) is 0 Å². The van der Waals surface area contributed by atoms with E-state index in [1.54, 1.807) is 0 Å². The van der Waals surface area contributed by atoms with Crippen LogP contribution >= 0.6 is 0 Å². The van der Waals surface area contributed by atoms with Gasteiger partial charge in [-0.2, -0.15) is 0 Å². The molecule has 25 heavy (non-hydrogen) atoms. The van der Waals surface area contributed by atoms with E-state index < -0.39 is 6.29 Å². The van der Waals surface area contributed by atoms with Crippen molar-refractivity contribution in [3.05, 3.63) is 48.0 Å². The molecule has 3 rings (SSSR count). The van der Waals surface area contributed by atoms with Crippen LogP contribution in [0.4, 0.5) is 0 Å². The van der Waals surface area contributed by atoms with Crippen molar-refractivity contribution in [3.8, 4) is 0 Å². The summed E-state index contributed by atoms with van der Waals surface area (Å²) in [4.78, 5) is 0. The first-order chi connectivity index (χ1) is 11.8. The van der Waals surface area contributed by atoms with Crippen molar-refractivity contribution < 1.29 is 14.9 Å². The van der Waals surface area contributed by atoms with E-state index in [2.05, 4.69) is 63.3 Å². The fourth-order valence-corrected chi connectivity index (χ4v) is 4.38. The van der Waals surface area contributed by atoms with Gasteiger partial charge in [-0.25, -0.2) is 0 Å².